The molecule has 2 N–H and O–H groups in total. The quantitative estimate of drug-likeness (QED) is 0.305. The van der Waals surface area contributed by atoms with Crippen LogP contribution < -0.4 is 5.32 Å². The number of esters is 1. The maximum Gasteiger partial charge on any atom is 0.410 e. The largest absolute Gasteiger partial charge is 0.425 e. The van der Waals surface area contributed by atoms with Gasteiger partial charge in [-0.25, -0.2) is 9.00 Å². The third-order valence-corrected chi connectivity index (χ3v) is 2.87. The van der Waals surface area contributed by atoms with Crippen LogP contribution in [0.25, 0.3) is 0 Å². The molecule has 0 aromatic carbocycles. The minimum atomic E-state index is -1.87. The van der Waals surface area contributed by atoms with Crippen LogP contribution in [-0.2, 0) is 25.3 Å². The summed E-state index contributed by atoms with van der Waals surface area (Å²) in [5.74, 6) is -0.834. The fourth-order valence-corrected chi connectivity index (χ4v) is 1.47. The number of alkyl carbamates (subject to hydrolysis) is 1. The molecule has 7 nitrogen and oxygen atoms in total. The number of carbonyl (C=O) groups is 2. The van der Waals surface area contributed by atoms with Gasteiger partial charge in [-0.05, 0) is 6.42 Å². The van der Waals surface area contributed by atoms with Gasteiger partial charge in [0, 0.05) is 12.5 Å². The van der Waals surface area contributed by atoms with E-state index in [4.69, 9.17) is 14.0 Å². The van der Waals surface area contributed by atoms with Gasteiger partial charge in [0.2, 0.25) is 0 Å². The molecule has 0 fully saturated rings. The average Bonchev–Trinajstić information content (AvgIpc) is 2.33. The summed E-state index contributed by atoms with van der Waals surface area (Å²) in [6.07, 6.45) is -1.31. The Balaban J connectivity index is 4.14. The lowest BCUT2D eigenvalue weighted by atomic mass is 10.2. The summed E-state index contributed by atoms with van der Waals surface area (Å²) < 4.78 is 29.0. The van der Waals surface area contributed by atoms with Crippen LogP contribution in [0.3, 0.4) is 0 Å². The van der Waals surface area contributed by atoms with E-state index in [-0.39, 0.29) is 24.1 Å². The maximum atomic E-state index is 11.5. The zero-order valence-electron chi connectivity index (χ0n) is 12.3. The Hall–Kier alpha value is -1.15. The molecule has 0 radical (unpaired) electrons. The lowest BCUT2D eigenvalue weighted by molar-refractivity contribution is -0.178. The standard InChI is InChI=1S/C12H23NO6S/c1-8(2)10(14)18-11(9(3)4)19-12(15)13-6-5-7-20(16)17/h8-9,11H,5-7H2,1-4H3,(H,13,15)(H,16,17)/t11-/m0/s1. The van der Waals surface area contributed by atoms with Crippen molar-refractivity contribution in [3.05, 3.63) is 0 Å². The molecule has 20 heavy (non-hydrogen) atoms. The molecule has 0 rings (SSSR count). The molecule has 0 saturated carbocycles. The normalized spacial score (nSPS) is 13.9. The topological polar surface area (TPSA) is 102 Å². The van der Waals surface area contributed by atoms with Crippen molar-refractivity contribution in [1.82, 2.24) is 5.32 Å². The second-order valence-corrected chi connectivity index (χ2v) is 5.97. The fraction of sp³-hybridized carbons (Fsp3) is 0.833. The first-order chi connectivity index (χ1) is 9.23. The molecule has 0 aliphatic heterocycles. The summed E-state index contributed by atoms with van der Waals surface area (Å²) in [5, 5.41) is 2.43. The second kappa shape index (κ2) is 9.71. The highest BCUT2D eigenvalue weighted by molar-refractivity contribution is 7.79. The first-order valence-corrected chi connectivity index (χ1v) is 7.74. The number of rotatable bonds is 8. The van der Waals surface area contributed by atoms with Gasteiger partial charge in [-0.2, -0.15) is 0 Å². The Bertz CT molecular complexity index is 345. The molecule has 1 amide bonds. The molecule has 0 spiro atoms. The van der Waals surface area contributed by atoms with Gasteiger partial charge in [0.15, 0.2) is 11.1 Å². The predicted octanol–water partition coefficient (Wildman–Crippen LogP) is 1.51. The number of hydrogen-bond donors (Lipinski definition) is 2. The van der Waals surface area contributed by atoms with E-state index in [0.717, 1.165) is 0 Å². The molecule has 0 aliphatic rings. The van der Waals surface area contributed by atoms with Crippen molar-refractivity contribution in [3.63, 3.8) is 0 Å². The first-order valence-electron chi connectivity index (χ1n) is 6.46. The van der Waals surface area contributed by atoms with E-state index in [0.29, 0.717) is 6.42 Å². The molecule has 8 heteroatoms. The van der Waals surface area contributed by atoms with Crippen LogP contribution >= 0.6 is 0 Å². The number of amides is 1. The fourth-order valence-electron chi connectivity index (χ4n) is 1.08. The highest BCUT2D eigenvalue weighted by Crippen LogP contribution is 2.11. The lowest BCUT2D eigenvalue weighted by Gasteiger charge is -2.22. The molecule has 0 aromatic rings. The van der Waals surface area contributed by atoms with E-state index < -0.39 is 29.4 Å². The zero-order chi connectivity index (χ0) is 15.7. The molecule has 1 unspecified atom stereocenters. The van der Waals surface area contributed by atoms with Gasteiger partial charge in [-0.3, -0.25) is 4.79 Å². The Kier molecular flexibility index (Phi) is 9.15. The van der Waals surface area contributed by atoms with Crippen molar-refractivity contribution < 1.29 is 27.8 Å². The number of nitrogens with one attached hydrogen (secondary N) is 1. The van der Waals surface area contributed by atoms with E-state index in [9.17, 15) is 13.8 Å². The Labute approximate surface area is 121 Å². The molecule has 0 heterocycles. The molecule has 0 bridgehead atoms. The zero-order valence-corrected chi connectivity index (χ0v) is 13.1. The van der Waals surface area contributed by atoms with E-state index in [1.807, 2.05) is 0 Å². The van der Waals surface area contributed by atoms with Crippen molar-refractivity contribution >= 4 is 23.1 Å². The highest BCUT2D eigenvalue weighted by Gasteiger charge is 2.23. The minimum Gasteiger partial charge on any atom is -0.425 e. The SMILES string of the molecule is CC(C)C(=O)O[C@@H](OC(=O)NCCCS(=O)O)C(C)C. The van der Waals surface area contributed by atoms with Crippen molar-refractivity contribution in [2.75, 3.05) is 12.3 Å². The van der Waals surface area contributed by atoms with Gasteiger partial charge in [0.1, 0.15) is 0 Å². The van der Waals surface area contributed by atoms with Gasteiger partial charge in [0.05, 0.1) is 11.7 Å². The lowest BCUT2D eigenvalue weighted by Crippen LogP contribution is -2.36. The predicted molar refractivity (Wildman–Crippen MR) is 74.3 cm³/mol. The Morgan fingerprint density at radius 1 is 1.20 bits per heavy atom. The van der Waals surface area contributed by atoms with E-state index in [2.05, 4.69) is 5.32 Å². The van der Waals surface area contributed by atoms with Gasteiger partial charge in [-0.1, -0.05) is 27.7 Å². The summed E-state index contributed by atoms with van der Waals surface area (Å²) in [4.78, 5) is 23.0. The Morgan fingerprint density at radius 2 is 1.80 bits per heavy atom. The van der Waals surface area contributed by atoms with E-state index in [1.54, 1.807) is 27.7 Å². The molecular formula is C12H23NO6S. The van der Waals surface area contributed by atoms with Crippen LogP contribution in [0.15, 0.2) is 0 Å². The second-order valence-electron chi connectivity index (χ2n) is 4.92. The van der Waals surface area contributed by atoms with Crippen LogP contribution in [0.1, 0.15) is 34.1 Å². The average molecular weight is 309 g/mol. The number of hydrogen-bond acceptors (Lipinski definition) is 5. The minimum absolute atomic E-state index is 0.0796. The molecule has 0 saturated heterocycles. The van der Waals surface area contributed by atoms with Crippen molar-refractivity contribution in [1.29, 1.82) is 0 Å². The van der Waals surface area contributed by atoms with Gasteiger partial charge in [-0.15, -0.1) is 0 Å². The summed E-state index contributed by atoms with van der Waals surface area (Å²) in [6, 6.07) is 0. The van der Waals surface area contributed by atoms with E-state index in [1.165, 1.54) is 0 Å². The number of ether oxygens (including phenoxy) is 2. The summed E-state index contributed by atoms with van der Waals surface area (Å²) >= 11 is -1.87. The number of carbonyl (C=O) groups excluding carboxylic acids is 2. The van der Waals surface area contributed by atoms with Crippen molar-refractivity contribution in [2.45, 2.75) is 40.4 Å². The van der Waals surface area contributed by atoms with Crippen LogP contribution in [0.2, 0.25) is 0 Å². The van der Waals surface area contributed by atoms with Gasteiger partial charge < -0.3 is 19.3 Å². The molecule has 2 atom stereocenters. The monoisotopic (exact) mass is 309 g/mol. The van der Waals surface area contributed by atoms with Gasteiger partial charge in [0.25, 0.3) is 6.29 Å². The molecule has 0 aromatic heterocycles. The van der Waals surface area contributed by atoms with Gasteiger partial charge >= 0.3 is 12.1 Å². The summed E-state index contributed by atoms with van der Waals surface area (Å²) in [7, 11) is 0. The van der Waals surface area contributed by atoms with Crippen LogP contribution in [-0.4, -0.2) is 39.4 Å². The van der Waals surface area contributed by atoms with Crippen molar-refractivity contribution in [2.24, 2.45) is 11.8 Å². The van der Waals surface area contributed by atoms with Crippen LogP contribution in [0.5, 0.6) is 0 Å². The van der Waals surface area contributed by atoms with Crippen molar-refractivity contribution in [3.8, 4) is 0 Å². The molecule has 118 valence electrons. The summed E-state index contributed by atoms with van der Waals surface area (Å²) in [6.45, 7) is 7.12. The summed E-state index contributed by atoms with van der Waals surface area (Å²) in [5.41, 5.74) is 0. The third kappa shape index (κ3) is 8.87. The Morgan fingerprint density at radius 3 is 2.25 bits per heavy atom. The maximum absolute atomic E-state index is 11.5. The van der Waals surface area contributed by atoms with Crippen LogP contribution in [0.4, 0.5) is 4.79 Å². The van der Waals surface area contributed by atoms with E-state index >= 15 is 0 Å². The smallest absolute Gasteiger partial charge is 0.410 e. The van der Waals surface area contributed by atoms with Crippen LogP contribution in [0, 0.1) is 11.8 Å². The highest BCUT2D eigenvalue weighted by atomic mass is 32.2. The molecular weight excluding hydrogens is 286 g/mol. The first kappa shape index (κ1) is 18.9. The molecule has 0 aliphatic carbocycles. The third-order valence-electron chi connectivity index (χ3n) is 2.24.